The van der Waals surface area contributed by atoms with Crippen molar-refractivity contribution in [2.45, 2.75) is 134 Å². The number of nitrogens with one attached hydrogen (secondary N) is 2. The molecular weight excluding hydrogens is 683 g/mol. The molecule has 1 aliphatic carbocycles. The summed E-state index contributed by atoms with van der Waals surface area (Å²) in [7, 11) is 7.57. The van der Waals surface area contributed by atoms with Crippen LogP contribution in [0.2, 0.25) is 0 Å². The Hall–Kier alpha value is -3.08. The number of carboxylic acid groups (broad SMARTS) is 1. The molecule has 2 aliphatic rings. The standard InChI is InChI=1S/C39H63N4O8P/c1-11-23(5)34(42(8)37(47)33(22(3)4)40-25(7)44)30(50-9)20-32(45)43-18-14-17-29(43)35(51-10)24(6)36(46)41-39(38(48)49)21-28(39)26-15-13-16-27(19-26)31(52)12-2/h13,15-16,19,22-24,28-31,33-35H,11-12,14,17-18,20-21,52H2,1-10H3,(H,40,44)(H,41,46)(H,48,49)/t23-,24+,28-,29-,30+,31?,33-,34-,35+,39?/m0/s1. The minimum atomic E-state index is -1.41. The van der Waals surface area contributed by atoms with Crippen molar-refractivity contribution in [1.29, 1.82) is 0 Å². The van der Waals surface area contributed by atoms with Crippen molar-refractivity contribution in [3.8, 4) is 0 Å². The molecule has 12 nitrogen and oxygen atoms in total. The van der Waals surface area contributed by atoms with E-state index in [0.29, 0.717) is 25.8 Å². The highest BCUT2D eigenvalue weighted by atomic mass is 31.0. The second kappa shape index (κ2) is 18.8. The molecule has 292 valence electrons. The van der Waals surface area contributed by atoms with Crippen LogP contribution in [-0.2, 0) is 33.4 Å². The average Bonchev–Trinajstić information content (AvgIpc) is 3.65. The lowest BCUT2D eigenvalue weighted by molar-refractivity contribution is -0.148. The molecule has 1 aromatic carbocycles. The van der Waals surface area contributed by atoms with Gasteiger partial charge < -0.3 is 35.0 Å². The topological polar surface area (TPSA) is 155 Å². The Morgan fingerprint density at radius 1 is 1.08 bits per heavy atom. The first-order valence-corrected chi connectivity index (χ1v) is 19.5. The molecule has 0 spiro atoms. The number of methoxy groups -OCH3 is 2. The van der Waals surface area contributed by atoms with Crippen LogP contribution in [0.15, 0.2) is 24.3 Å². The van der Waals surface area contributed by atoms with E-state index in [9.17, 15) is 29.1 Å². The van der Waals surface area contributed by atoms with Gasteiger partial charge in [0.25, 0.3) is 0 Å². The second-order valence-electron chi connectivity index (χ2n) is 15.2. The first-order valence-electron chi connectivity index (χ1n) is 18.8. The molecule has 1 aliphatic heterocycles. The van der Waals surface area contributed by atoms with Crippen molar-refractivity contribution < 1.29 is 38.6 Å². The number of carboxylic acids is 1. The third kappa shape index (κ3) is 9.71. The van der Waals surface area contributed by atoms with Crippen LogP contribution in [0, 0.1) is 17.8 Å². The number of likely N-dealkylation sites (N-methyl/N-ethyl adjacent to an activating group) is 1. The molecule has 52 heavy (non-hydrogen) atoms. The Labute approximate surface area is 312 Å². The minimum Gasteiger partial charge on any atom is -0.479 e. The number of benzene rings is 1. The summed E-state index contributed by atoms with van der Waals surface area (Å²) in [5, 5.41) is 16.0. The van der Waals surface area contributed by atoms with Gasteiger partial charge in [0.2, 0.25) is 23.6 Å². The van der Waals surface area contributed by atoms with Gasteiger partial charge in [0, 0.05) is 40.7 Å². The second-order valence-corrected chi connectivity index (χ2v) is 16.0. The number of rotatable bonds is 19. The van der Waals surface area contributed by atoms with E-state index in [-0.39, 0.29) is 47.6 Å². The van der Waals surface area contributed by atoms with Crippen LogP contribution in [0.1, 0.15) is 110 Å². The minimum absolute atomic E-state index is 0.00114. The number of carbonyl (C=O) groups is 5. The maximum absolute atomic E-state index is 14.1. The quantitative estimate of drug-likeness (QED) is 0.175. The van der Waals surface area contributed by atoms with E-state index >= 15 is 0 Å². The summed E-state index contributed by atoms with van der Waals surface area (Å²) in [6, 6.07) is 6.33. The van der Waals surface area contributed by atoms with Crippen LogP contribution in [0.4, 0.5) is 0 Å². The largest absolute Gasteiger partial charge is 0.479 e. The molecule has 0 aromatic heterocycles. The van der Waals surface area contributed by atoms with Crippen molar-refractivity contribution in [3.63, 3.8) is 0 Å². The van der Waals surface area contributed by atoms with Crippen molar-refractivity contribution in [2.75, 3.05) is 27.8 Å². The number of hydrogen-bond acceptors (Lipinski definition) is 7. The van der Waals surface area contributed by atoms with Crippen LogP contribution >= 0.6 is 9.24 Å². The summed E-state index contributed by atoms with van der Waals surface area (Å²) in [6.45, 7) is 13.5. The van der Waals surface area contributed by atoms with E-state index in [2.05, 4.69) is 26.8 Å². The van der Waals surface area contributed by atoms with E-state index in [0.717, 1.165) is 24.0 Å². The van der Waals surface area contributed by atoms with E-state index < -0.39 is 53.7 Å². The lowest BCUT2D eigenvalue weighted by atomic mass is 9.89. The molecule has 3 rings (SSSR count). The van der Waals surface area contributed by atoms with Crippen LogP contribution < -0.4 is 10.6 Å². The predicted octanol–water partition coefficient (Wildman–Crippen LogP) is 4.52. The zero-order chi connectivity index (χ0) is 39.1. The molecule has 1 saturated carbocycles. The molecule has 4 amide bonds. The first-order chi connectivity index (χ1) is 24.5. The smallest absolute Gasteiger partial charge is 0.330 e. The summed E-state index contributed by atoms with van der Waals surface area (Å²) in [5.41, 5.74) is 0.832. The monoisotopic (exact) mass is 746 g/mol. The Morgan fingerprint density at radius 3 is 2.29 bits per heavy atom. The highest BCUT2D eigenvalue weighted by molar-refractivity contribution is 7.17. The van der Waals surface area contributed by atoms with Gasteiger partial charge in [-0.05, 0) is 54.3 Å². The highest BCUT2D eigenvalue weighted by Gasteiger charge is 2.63. The fraction of sp³-hybridized carbons (Fsp3) is 0.718. The Morgan fingerprint density at radius 2 is 1.75 bits per heavy atom. The fourth-order valence-electron chi connectivity index (χ4n) is 7.93. The van der Waals surface area contributed by atoms with Gasteiger partial charge in [0.15, 0.2) is 0 Å². The molecule has 13 heteroatoms. The Kier molecular flexibility index (Phi) is 15.7. The van der Waals surface area contributed by atoms with Crippen LogP contribution in [0.5, 0.6) is 0 Å². The highest BCUT2D eigenvalue weighted by Crippen LogP contribution is 2.52. The van der Waals surface area contributed by atoms with Crippen molar-refractivity contribution in [1.82, 2.24) is 20.4 Å². The number of hydrogen-bond donors (Lipinski definition) is 3. The summed E-state index contributed by atoms with van der Waals surface area (Å²) >= 11 is 0. The number of nitrogens with zero attached hydrogens (tertiary/aromatic N) is 2. The van der Waals surface area contributed by atoms with Gasteiger partial charge in [0.1, 0.15) is 11.6 Å². The Balaban J connectivity index is 1.78. The maximum atomic E-state index is 14.1. The van der Waals surface area contributed by atoms with Crippen LogP contribution in [0.25, 0.3) is 0 Å². The summed E-state index contributed by atoms with van der Waals surface area (Å²) < 4.78 is 11.9. The lowest BCUT2D eigenvalue weighted by Crippen LogP contribution is -2.57. The molecular formula is C39H63N4O8P. The third-order valence-corrected chi connectivity index (χ3v) is 12.3. The fourth-order valence-corrected chi connectivity index (χ4v) is 8.13. The molecule has 11 atom stereocenters. The van der Waals surface area contributed by atoms with E-state index in [1.54, 1.807) is 23.8 Å². The Bertz CT molecular complexity index is 1430. The molecule has 1 saturated heterocycles. The molecule has 0 radical (unpaired) electrons. The maximum Gasteiger partial charge on any atom is 0.330 e. The van der Waals surface area contributed by atoms with Crippen molar-refractivity contribution in [3.05, 3.63) is 35.4 Å². The van der Waals surface area contributed by atoms with Gasteiger partial charge in [0.05, 0.1) is 36.6 Å². The number of aliphatic carboxylic acids is 1. The van der Waals surface area contributed by atoms with Gasteiger partial charge in [-0.1, -0.05) is 72.2 Å². The van der Waals surface area contributed by atoms with Crippen molar-refractivity contribution in [2.24, 2.45) is 17.8 Å². The van der Waals surface area contributed by atoms with Gasteiger partial charge >= 0.3 is 5.97 Å². The first kappa shape index (κ1) is 43.3. The zero-order valence-electron chi connectivity index (χ0n) is 32.8. The van der Waals surface area contributed by atoms with Crippen molar-refractivity contribution >= 4 is 38.8 Å². The molecule has 0 bridgehead atoms. The summed E-state index contributed by atoms with van der Waals surface area (Å²) in [4.78, 5) is 69.6. The SMILES string of the molecule is CCC(P)c1cccc([C@@H]2CC2(NC(=O)[C@H](C)[C@@H](OC)[C@@H]2CCCN2C(=O)C[C@@H](OC)[C@H]([C@@H](C)CC)N(C)C(=O)[C@@H](NC(C)=O)C(C)C)C(=O)O)c1. The average molecular weight is 747 g/mol. The van der Waals surface area contributed by atoms with Gasteiger partial charge in [-0.2, -0.15) is 0 Å². The third-order valence-electron chi connectivity index (χ3n) is 11.4. The number of carbonyl (C=O) groups excluding carboxylic acids is 4. The molecule has 1 aromatic rings. The van der Waals surface area contributed by atoms with Gasteiger partial charge in [-0.3, -0.25) is 19.2 Å². The van der Waals surface area contributed by atoms with Gasteiger partial charge in [-0.15, -0.1) is 9.24 Å². The molecule has 2 fully saturated rings. The normalized spacial score (nSPS) is 23.9. The molecule has 3 unspecified atom stereocenters. The van der Waals surface area contributed by atoms with Crippen LogP contribution in [-0.4, -0.2) is 108 Å². The zero-order valence-corrected chi connectivity index (χ0v) is 34.0. The summed E-state index contributed by atoms with van der Waals surface area (Å²) in [6.07, 6.45) is 1.97. The van der Waals surface area contributed by atoms with E-state index in [1.165, 1.54) is 21.1 Å². The summed E-state index contributed by atoms with van der Waals surface area (Å²) in [5.74, 6) is -3.51. The molecule has 1 heterocycles. The van der Waals surface area contributed by atoms with E-state index in [1.807, 2.05) is 52.0 Å². The number of ether oxygens (including phenoxy) is 2. The predicted molar refractivity (Wildman–Crippen MR) is 204 cm³/mol. The van der Waals surface area contributed by atoms with Gasteiger partial charge in [-0.25, -0.2) is 4.79 Å². The lowest BCUT2D eigenvalue weighted by Gasteiger charge is -2.40. The number of amides is 4. The number of likely N-dealkylation sites (tertiary alicyclic amines) is 1. The van der Waals surface area contributed by atoms with E-state index in [4.69, 9.17) is 9.47 Å². The van der Waals surface area contributed by atoms with Crippen LogP contribution in [0.3, 0.4) is 0 Å². The molecule has 3 N–H and O–H groups in total.